The number of rotatable bonds is 7. The molecule has 5 nitrogen and oxygen atoms in total. The van der Waals surface area contributed by atoms with Crippen molar-refractivity contribution in [3.05, 3.63) is 11.9 Å². The van der Waals surface area contributed by atoms with Gasteiger partial charge in [-0.3, -0.25) is 4.68 Å². The van der Waals surface area contributed by atoms with Gasteiger partial charge < -0.3 is 10.0 Å². The molecule has 19 heavy (non-hydrogen) atoms. The SMILES string of the molecule is CCCCCN1CCCC(Cn2cc(CO)nn2)C1. The summed E-state index contributed by atoms with van der Waals surface area (Å²) in [4.78, 5) is 2.59. The van der Waals surface area contributed by atoms with Crippen molar-refractivity contribution in [3.63, 3.8) is 0 Å². The number of nitrogens with zero attached hydrogens (tertiary/aromatic N) is 4. The molecular formula is C14H26N4O. The van der Waals surface area contributed by atoms with E-state index >= 15 is 0 Å². The molecule has 108 valence electrons. The van der Waals surface area contributed by atoms with E-state index in [-0.39, 0.29) is 6.61 Å². The molecule has 0 bridgehead atoms. The quantitative estimate of drug-likeness (QED) is 0.763. The van der Waals surface area contributed by atoms with Gasteiger partial charge in [-0.1, -0.05) is 25.0 Å². The smallest absolute Gasteiger partial charge is 0.108 e. The number of aromatic nitrogens is 3. The lowest BCUT2D eigenvalue weighted by atomic mass is 9.98. The van der Waals surface area contributed by atoms with Gasteiger partial charge >= 0.3 is 0 Å². The minimum atomic E-state index is -0.0200. The minimum Gasteiger partial charge on any atom is -0.390 e. The molecule has 0 amide bonds. The van der Waals surface area contributed by atoms with Gasteiger partial charge in [0.2, 0.25) is 0 Å². The van der Waals surface area contributed by atoms with Crippen LogP contribution in [0.25, 0.3) is 0 Å². The van der Waals surface area contributed by atoms with Crippen LogP contribution in [0.5, 0.6) is 0 Å². The zero-order valence-corrected chi connectivity index (χ0v) is 12.0. The van der Waals surface area contributed by atoms with Crippen molar-refractivity contribution in [3.8, 4) is 0 Å². The highest BCUT2D eigenvalue weighted by Crippen LogP contribution is 2.18. The van der Waals surface area contributed by atoms with Crippen LogP contribution in [0.4, 0.5) is 0 Å². The zero-order valence-electron chi connectivity index (χ0n) is 12.0. The first-order valence-electron chi connectivity index (χ1n) is 7.54. The lowest BCUT2D eigenvalue weighted by Crippen LogP contribution is -2.37. The summed E-state index contributed by atoms with van der Waals surface area (Å²) in [6.07, 6.45) is 8.37. The van der Waals surface area contributed by atoms with E-state index in [2.05, 4.69) is 22.1 Å². The maximum Gasteiger partial charge on any atom is 0.108 e. The maximum absolute atomic E-state index is 9.00. The fraction of sp³-hybridized carbons (Fsp3) is 0.857. The molecule has 1 aromatic rings. The molecule has 0 aromatic carbocycles. The first-order chi connectivity index (χ1) is 9.31. The van der Waals surface area contributed by atoms with E-state index in [0.29, 0.717) is 11.6 Å². The zero-order chi connectivity index (χ0) is 13.5. The number of hydrogen-bond acceptors (Lipinski definition) is 4. The highest BCUT2D eigenvalue weighted by atomic mass is 16.3. The molecule has 1 aromatic heterocycles. The van der Waals surface area contributed by atoms with Crippen LogP contribution in [-0.4, -0.2) is 44.6 Å². The van der Waals surface area contributed by atoms with Crippen LogP contribution in [0, 0.1) is 5.92 Å². The molecule has 2 heterocycles. The summed E-state index contributed by atoms with van der Waals surface area (Å²) in [5, 5.41) is 17.0. The Bertz CT molecular complexity index is 366. The van der Waals surface area contributed by atoms with Gasteiger partial charge in [0.15, 0.2) is 0 Å². The van der Waals surface area contributed by atoms with Gasteiger partial charge in [0.25, 0.3) is 0 Å². The Hall–Kier alpha value is -0.940. The molecule has 1 unspecified atom stereocenters. The molecule has 0 saturated carbocycles. The van der Waals surface area contributed by atoms with Crippen molar-refractivity contribution in [2.75, 3.05) is 19.6 Å². The van der Waals surface area contributed by atoms with E-state index in [0.717, 1.165) is 6.54 Å². The fourth-order valence-electron chi connectivity index (χ4n) is 2.85. The molecule has 1 N–H and O–H groups in total. The summed E-state index contributed by atoms with van der Waals surface area (Å²) in [6, 6.07) is 0. The van der Waals surface area contributed by atoms with Crippen molar-refractivity contribution < 1.29 is 5.11 Å². The van der Waals surface area contributed by atoms with Gasteiger partial charge in [-0.2, -0.15) is 0 Å². The molecule has 5 heteroatoms. The summed E-state index contributed by atoms with van der Waals surface area (Å²) in [7, 11) is 0. The van der Waals surface area contributed by atoms with Gasteiger partial charge in [-0.25, -0.2) is 0 Å². The third kappa shape index (κ3) is 4.58. The Morgan fingerprint density at radius 1 is 1.42 bits per heavy atom. The van der Waals surface area contributed by atoms with Crippen LogP contribution in [-0.2, 0) is 13.2 Å². The average Bonchev–Trinajstić information content (AvgIpc) is 2.87. The third-order valence-electron chi connectivity index (χ3n) is 3.87. The second-order valence-electron chi connectivity index (χ2n) is 5.61. The molecule has 1 aliphatic rings. The Balaban J connectivity index is 1.77. The van der Waals surface area contributed by atoms with Crippen LogP contribution in [0.3, 0.4) is 0 Å². The van der Waals surface area contributed by atoms with E-state index < -0.39 is 0 Å². The molecule has 1 saturated heterocycles. The molecule has 0 radical (unpaired) electrons. The maximum atomic E-state index is 9.00. The number of aliphatic hydroxyl groups excluding tert-OH is 1. The van der Waals surface area contributed by atoms with Gasteiger partial charge in [-0.05, 0) is 38.3 Å². The van der Waals surface area contributed by atoms with E-state index in [9.17, 15) is 0 Å². The van der Waals surface area contributed by atoms with Crippen molar-refractivity contribution in [2.45, 2.75) is 52.2 Å². The van der Waals surface area contributed by atoms with Gasteiger partial charge in [-0.15, -0.1) is 5.10 Å². The molecule has 1 aliphatic heterocycles. The summed E-state index contributed by atoms with van der Waals surface area (Å²) in [6.45, 7) is 6.83. The number of likely N-dealkylation sites (tertiary alicyclic amines) is 1. The van der Waals surface area contributed by atoms with Crippen LogP contribution in [0.2, 0.25) is 0 Å². The van der Waals surface area contributed by atoms with Crippen molar-refractivity contribution in [1.29, 1.82) is 0 Å². The van der Waals surface area contributed by atoms with Crippen LogP contribution < -0.4 is 0 Å². The van der Waals surface area contributed by atoms with E-state index in [1.807, 2.05) is 10.9 Å². The van der Waals surface area contributed by atoms with Crippen molar-refractivity contribution >= 4 is 0 Å². The minimum absolute atomic E-state index is 0.0200. The van der Waals surface area contributed by atoms with E-state index in [1.165, 1.54) is 51.7 Å². The topological polar surface area (TPSA) is 54.2 Å². The Morgan fingerprint density at radius 2 is 2.32 bits per heavy atom. The van der Waals surface area contributed by atoms with Crippen LogP contribution in [0.1, 0.15) is 44.7 Å². The standard InChI is InChI=1S/C14H26N4O/c1-2-3-4-7-17-8-5-6-13(9-17)10-18-11-14(12-19)15-16-18/h11,13,19H,2-10,12H2,1H3. The van der Waals surface area contributed by atoms with Gasteiger partial charge in [0.05, 0.1) is 12.8 Å². The monoisotopic (exact) mass is 266 g/mol. The molecular weight excluding hydrogens is 240 g/mol. The highest BCUT2D eigenvalue weighted by Gasteiger charge is 2.20. The summed E-state index contributed by atoms with van der Waals surface area (Å²) < 4.78 is 1.88. The average molecular weight is 266 g/mol. The van der Waals surface area contributed by atoms with Crippen LogP contribution >= 0.6 is 0 Å². The normalized spacial score (nSPS) is 20.8. The molecule has 0 spiro atoms. The molecule has 2 rings (SSSR count). The van der Waals surface area contributed by atoms with Crippen LogP contribution in [0.15, 0.2) is 6.20 Å². The molecule has 0 aliphatic carbocycles. The number of unbranched alkanes of at least 4 members (excludes halogenated alkanes) is 2. The first kappa shape index (κ1) is 14.5. The summed E-state index contributed by atoms with van der Waals surface area (Å²) in [5.74, 6) is 0.670. The number of aliphatic hydroxyl groups is 1. The Morgan fingerprint density at radius 3 is 3.05 bits per heavy atom. The predicted molar refractivity (Wildman–Crippen MR) is 74.6 cm³/mol. The number of piperidine rings is 1. The van der Waals surface area contributed by atoms with Crippen molar-refractivity contribution in [2.24, 2.45) is 5.92 Å². The lowest BCUT2D eigenvalue weighted by molar-refractivity contribution is 0.157. The first-order valence-corrected chi connectivity index (χ1v) is 7.54. The molecule has 1 fully saturated rings. The second kappa shape index (κ2) is 7.60. The summed E-state index contributed by atoms with van der Waals surface area (Å²) in [5.41, 5.74) is 0.663. The Kier molecular flexibility index (Phi) is 5.79. The van der Waals surface area contributed by atoms with Gasteiger partial charge in [0, 0.05) is 13.1 Å². The van der Waals surface area contributed by atoms with Gasteiger partial charge in [0.1, 0.15) is 5.69 Å². The van der Waals surface area contributed by atoms with Crippen molar-refractivity contribution in [1.82, 2.24) is 19.9 Å². The Labute approximate surface area is 115 Å². The van der Waals surface area contributed by atoms with E-state index in [1.54, 1.807) is 0 Å². The van der Waals surface area contributed by atoms with E-state index in [4.69, 9.17) is 5.11 Å². The summed E-state index contributed by atoms with van der Waals surface area (Å²) >= 11 is 0. The second-order valence-corrected chi connectivity index (χ2v) is 5.61. The predicted octanol–water partition coefficient (Wildman–Crippen LogP) is 1.67. The molecule has 1 atom stereocenters. The lowest BCUT2D eigenvalue weighted by Gasteiger charge is -2.32. The number of hydrogen-bond donors (Lipinski definition) is 1. The largest absolute Gasteiger partial charge is 0.390 e. The third-order valence-corrected chi connectivity index (χ3v) is 3.87. The highest BCUT2D eigenvalue weighted by molar-refractivity contribution is 4.89. The fourth-order valence-corrected chi connectivity index (χ4v) is 2.85.